The van der Waals surface area contributed by atoms with E-state index in [9.17, 15) is 19.2 Å². The van der Waals surface area contributed by atoms with E-state index in [0.717, 1.165) is 44.1 Å². The number of amides is 4. The Morgan fingerprint density at radius 2 is 1.34 bits per heavy atom. The Morgan fingerprint density at radius 3 is 2.02 bits per heavy atom. The van der Waals surface area contributed by atoms with Crippen LogP contribution in [0.3, 0.4) is 0 Å². The number of imide groups is 1. The van der Waals surface area contributed by atoms with Gasteiger partial charge in [-0.05, 0) is 48.7 Å². The van der Waals surface area contributed by atoms with Crippen LogP contribution in [-0.4, -0.2) is 53.3 Å². The number of carbonyl (C=O) groups is 4. The Kier molecular flexibility index (Phi) is 10.6. The molecule has 4 amide bonds. The van der Waals surface area contributed by atoms with Gasteiger partial charge in [-0.3, -0.25) is 9.59 Å². The quantitative estimate of drug-likeness (QED) is 0.256. The minimum Gasteiger partial charge on any atom is -0.457 e. The van der Waals surface area contributed by atoms with Crippen LogP contribution in [0.2, 0.25) is 0 Å². The first-order valence-corrected chi connectivity index (χ1v) is 15.9. The maximum absolute atomic E-state index is 14.4. The number of rotatable bonds is 8. The number of nitrogens with one attached hydrogen (secondary N) is 2. The molecule has 1 saturated heterocycles. The molecule has 8 nitrogen and oxygen atoms in total. The smallest absolute Gasteiger partial charge is 0.411 e. The van der Waals surface area contributed by atoms with Crippen LogP contribution in [0.4, 0.5) is 0 Å². The van der Waals surface area contributed by atoms with E-state index in [4.69, 9.17) is 4.74 Å². The molecular formula is C36H42N3O5+. The normalized spacial score (nSPS) is 17.5. The van der Waals surface area contributed by atoms with Crippen molar-refractivity contribution in [2.45, 2.75) is 76.3 Å². The lowest BCUT2D eigenvalue weighted by Gasteiger charge is -2.32. The third-order valence-corrected chi connectivity index (χ3v) is 8.74. The van der Waals surface area contributed by atoms with Crippen LogP contribution in [-0.2, 0) is 20.8 Å². The molecule has 3 aromatic rings. The molecule has 0 bridgehead atoms. The summed E-state index contributed by atoms with van der Waals surface area (Å²) in [7, 11) is 0. The van der Waals surface area contributed by atoms with E-state index in [0.29, 0.717) is 29.9 Å². The lowest BCUT2D eigenvalue weighted by molar-refractivity contribution is -0.762. The van der Waals surface area contributed by atoms with Crippen LogP contribution in [0.25, 0.3) is 0 Å². The summed E-state index contributed by atoms with van der Waals surface area (Å²) in [6.07, 6.45) is 8.66. The van der Waals surface area contributed by atoms with Crippen LogP contribution in [0.1, 0.15) is 73.7 Å². The van der Waals surface area contributed by atoms with Crippen LogP contribution in [0.15, 0.2) is 84.9 Å². The molecule has 0 spiro atoms. The molecule has 3 aromatic carbocycles. The lowest BCUT2D eigenvalue weighted by Crippen LogP contribution is -2.65. The number of nitrogens with zero attached hydrogens (tertiary/aromatic N) is 1. The Hall–Kier alpha value is -4.30. The molecule has 2 fully saturated rings. The SMILES string of the molecule is O=C(NC1CCCCCCC1)C(=O)[N+]1(C(=O)C(Cc2ccccc2)NC(=O)c2cccc(Oc3ccccc3)c2)CCCC1. The molecule has 1 aliphatic heterocycles. The molecule has 230 valence electrons. The van der Waals surface area contributed by atoms with E-state index in [2.05, 4.69) is 10.6 Å². The fourth-order valence-electron chi connectivity index (χ4n) is 6.36. The van der Waals surface area contributed by atoms with Crippen molar-refractivity contribution in [1.82, 2.24) is 10.6 Å². The van der Waals surface area contributed by atoms with Crippen LogP contribution in [0.5, 0.6) is 11.5 Å². The highest BCUT2D eigenvalue weighted by Crippen LogP contribution is 2.26. The van der Waals surface area contributed by atoms with Gasteiger partial charge >= 0.3 is 17.7 Å². The van der Waals surface area contributed by atoms with Crippen molar-refractivity contribution in [2.75, 3.05) is 13.1 Å². The van der Waals surface area contributed by atoms with Gasteiger partial charge in [0.15, 0.2) is 0 Å². The topological polar surface area (TPSA) is 102 Å². The number of carbonyl (C=O) groups excluding carboxylic acids is 4. The Balaban J connectivity index is 1.36. The van der Waals surface area contributed by atoms with Crippen molar-refractivity contribution in [2.24, 2.45) is 0 Å². The van der Waals surface area contributed by atoms with Gasteiger partial charge in [0.2, 0.25) is 0 Å². The van der Waals surface area contributed by atoms with Gasteiger partial charge in [0, 0.05) is 30.9 Å². The van der Waals surface area contributed by atoms with Gasteiger partial charge in [0.25, 0.3) is 5.91 Å². The second-order valence-electron chi connectivity index (χ2n) is 11.9. The second-order valence-corrected chi connectivity index (χ2v) is 11.9. The highest BCUT2D eigenvalue weighted by Gasteiger charge is 2.53. The van der Waals surface area contributed by atoms with Gasteiger partial charge < -0.3 is 15.4 Å². The first kappa shape index (κ1) is 31.1. The van der Waals surface area contributed by atoms with Gasteiger partial charge in [-0.2, -0.15) is 4.48 Å². The molecule has 1 saturated carbocycles. The molecule has 1 aliphatic carbocycles. The summed E-state index contributed by atoms with van der Waals surface area (Å²) in [6, 6.07) is 24.4. The number of hydrogen-bond donors (Lipinski definition) is 2. The highest BCUT2D eigenvalue weighted by molar-refractivity contribution is 6.33. The summed E-state index contributed by atoms with van der Waals surface area (Å²) >= 11 is 0. The third kappa shape index (κ3) is 7.80. The largest absolute Gasteiger partial charge is 0.457 e. The molecular weight excluding hydrogens is 554 g/mol. The standard InChI is InChI=1S/C36H41N3O5/c40-33(28-17-14-22-31(26-28)44-30-20-10-5-11-21-30)38-32(25-27-15-6-4-7-16-27)35(42)39(23-12-13-24-39)36(43)34(41)37-29-18-8-2-1-3-9-19-29/h4-7,10-11,14-17,20-22,26,29,32H,1-3,8-9,12-13,18-19,23-25H2,(H-,37,38,40,41)/p+1. The average Bonchev–Trinajstić information content (AvgIpc) is 3.53. The monoisotopic (exact) mass is 596 g/mol. The molecule has 2 N–H and O–H groups in total. The fourth-order valence-corrected chi connectivity index (χ4v) is 6.36. The van der Waals surface area contributed by atoms with Gasteiger partial charge in [0.1, 0.15) is 17.5 Å². The number of ether oxygens (including phenoxy) is 1. The number of benzene rings is 3. The fraction of sp³-hybridized carbons (Fsp3) is 0.389. The first-order chi connectivity index (χ1) is 21.4. The summed E-state index contributed by atoms with van der Waals surface area (Å²) in [5.74, 6) is -1.20. The van der Waals surface area contributed by atoms with Gasteiger partial charge in [-0.15, -0.1) is 0 Å². The molecule has 0 radical (unpaired) electrons. The maximum atomic E-state index is 14.4. The van der Waals surface area contributed by atoms with E-state index in [1.165, 1.54) is 6.42 Å². The molecule has 1 unspecified atom stereocenters. The summed E-state index contributed by atoms with van der Waals surface area (Å²) in [6.45, 7) is 0.495. The van der Waals surface area contributed by atoms with Gasteiger partial charge in [-0.1, -0.05) is 86.7 Å². The van der Waals surface area contributed by atoms with Crippen molar-refractivity contribution >= 4 is 23.6 Å². The summed E-state index contributed by atoms with van der Waals surface area (Å²) in [4.78, 5) is 55.3. The summed E-state index contributed by atoms with van der Waals surface area (Å²) < 4.78 is 5.33. The highest BCUT2D eigenvalue weighted by atomic mass is 16.5. The molecule has 8 heteroatoms. The van der Waals surface area contributed by atoms with E-state index < -0.39 is 34.2 Å². The zero-order valence-electron chi connectivity index (χ0n) is 25.2. The Labute approximate surface area is 259 Å². The summed E-state index contributed by atoms with van der Waals surface area (Å²) in [5, 5.41) is 5.89. The molecule has 1 heterocycles. The molecule has 5 rings (SSSR count). The van der Waals surface area contributed by atoms with E-state index in [-0.39, 0.29) is 25.6 Å². The predicted molar refractivity (Wildman–Crippen MR) is 168 cm³/mol. The van der Waals surface area contributed by atoms with Crippen molar-refractivity contribution in [3.8, 4) is 11.5 Å². The minimum absolute atomic E-state index is 0.0605. The van der Waals surface area contributed by atoms with Crippen molar-refractivity contribution in [3.05, 3.63) is 96.1 Å². The van der Waals surface area contributed by atoms with E-state index in [1.807, 2.05) is 60.7 Å². The number of hydrogen-bond acceptors (Lipinski definition) is 5. The maximum Gasteiger partial charge on any atom is 0.411 e. The van der Waals surface area contributed by atoms with Crippen LogP contribution in [0, 0.1) is 0 Å². The summed E-state index contributed by atoms with van der Waals surface area (Å²) in [5.41, 5.74) is 1.17. The predicted octanol–water partition coefficient (Wildman–Crippen LogP) is 5.71. The zero-order valence-corrected chi connectivity index (χ0v) is 25.2. The van der Waals surface area contributed by atoms with Gasteiger partial charge in [0.05, 0.1) is 13.1 Å². The van der Waals surface area contributed by atoms with Crippen molar-refractivity contribution in [3.63, 3.8) is 0 Å². The van der Waals surface area contributed by atoms with Crippen molar-refractivity contribution < 1.29 is 28.4 Å². The van der Waals surface area contributed by atoms with Gasteiger partial charge in [-0.25, -0.2) is 9.59 Å². The number of para-hydroxylation sites is 1. The molecule has 44 heavy (non-hydrogen) atoms. The van der Waals surface area contributed by atoms with Crippen molar-refractivity contribution in [1.29, 1.82) is 0 Å². The zero-order chi connectivity index (χ0) is 30.8. The first-order valence-electron chi connectivity index (χ1n) is 15.9. The van der Waals surface area contributed by atoms with Crippen LogP contribution < -0.4 is 15.4 Å². The van der Waals surface area contributed by atoms with Crippen LogP contribution >= 0.6 is 0 Å². The molecule has 2 aliphatic rings. The molecule has 0 aromatic heterocycles. The Bertz CT molecular complexity index is 1430. The Morgan fingerprint density at radius 1 is 0.727 bits per heavy atom. The second kappa shape index (κ2) is 14.9. The number of quaternary nitrogens is 1. The lowest BCUT2D eigenvalue weighted by atomic mass is 9.96. The van der Waals surface area contributed by atoms with E-state index >= 15 is 0 Å². The molecule has 1 atom stereocenters. The average molecular weight is 597 g/mol. The minimum atomic E-state index is -1.01. The third-order valence-electron chi connectivity index (χ3n) is 8.74. The number of likely N-dealkylation sites (tertiary alicyclic amines) is 1. The van der Waals surface area contributed by atoms with E-state index in [1.54, 1.807) is 24.3 Å².